The number of aryl methyl sites for hydroxylation is 1. The number of halogens is 1. The van der Waals surface area contributed by atoms with E-state index in [4.69, 9.17) is 0 Å². The molecule has 0 saturated carbocycles. The number of hydrogen-bond acceptors (Lipinski definition) is 2. The van der Waals surface area contributed by atoms with Gasteiger partial charge in [-0.2, -0.15) is 0 Å². The maximum absolute atomic E-state index is 13.1. The van der Waals surface area contributed by atoms with E-state index < -0.39 is 0 Å². The summed E-state index contributed by atoms with van der Waals surface area (Å²) in [5.41, 5.74) is 3.22. The van der Waals surface area contributed by atoms with Crippen LogP contribution in [0.1, 0.15) is 23.6 Å². The largest absolute Gasteiger partial charge is 0.361 e. The van der Waals surface area contributed by atoms with E-state index in [0.29, 0.717) is 19.4 Å². The summed E-state index contributed by atoms with van der Waals surface area (Å²) >= 11 is 0. The Kier molecular flexibility index (Phi) is 5.68. The maximum atomic E-state index is 13.1. The van der Waals surface area contributed by atoms with Crippen LogP contribution in [-0.2, 0) is 11.2 Å². The summed E-state index contributed by atoms with van der Waals surface area (Å²) in [5, 5.41) is 4.17. The monoisotopic (exact) mass is 353 g/mol. The maximum Gasteiger partial charge on any atom is 0.220 e. The topological polar surface area (TPSA) is 48.1 Å². The van der Waals surface area contributed by atoms with E-state index in [1.807, 2.05) is 43.4 Å². The average molecular weight is 353 g/mol. The van der Waals surface area contributed by atoms with Crippen LogP contribution in [0.15, 0.2) is 54.7 Å². The van der Waals surface area contributed by atoms with Crippen LogP contribution >= 0.6 is 0 Å². The van der Waals surface area contributed by atoms with Gasteiger partial charge in [-0.25, -0.2) is 4.39 Å². The Morgan fingerprint density at radius 2 is 1.88 bits per heavy atom. The fourth-order valence-corrected chi connectivity index (χ4v) is 3.17. The molecule has 1 heterocycles. The molecule has 0 fully saturated rings. The lowest BCUT2D eigenvalue weighted by molar-refractivity contribution is -0.121. The molecular weight excluding hydrogens is 329 g/mol. The summed E-state index contributed by atoms with van der Waals surface area (Å²) in [6, 6.07) is 14.5. The number of carbonyl (C=O) groups is 1. The molecule has 5 heteroatoms. The molecule has 26 heavy (non-hydrogen) atoms. The Labute approximate surface area is 153 Å². The second kappa shape index (κ2) is 8.15. The molecule has 1 aromatic heterocycles. The zero-order chi connectivity index (χ0) is 18.5. The van der Waals surface area contributed by atoms with Crippen molar-refractivity contribution in [2.75, 3.05) is 20.6 Å². The van der Waals surface area contributed by atoms with Crippen LogP contribution in [0.25, 0.3) is 10.9 Å². The van der Waals surface area contributed by atoms with Crippen molar-refractivity contribution in [1.29, 1.82) is 0 Å². The van der Waals surface area contributed by atoms with Crippen molar-refractivity contribution in [1.82, 2.24) is 15.2 Å². The molecule has 1 unspecified atom stereocenters. The Morgan fingerprint density at radius 3 is 2.62 bits per heavy atom. The number of aromatic amines is 1. The number of fused-ring (bicyclic) bond motifs is 1. The summed E-state index contributed by atoms with van der Waals surface area (Å²) in [5.74, 6) is -0.238. The van der Waals surface area contributed by atoms with Crippen molar-refractivity contribution in [3.05, 3.63) is 71.7 Å². The number of benzene rings is 2. The summed E-state index contributed by atoms with van der Waals surface area (Å²) < 4.78 is 13.1. The van der Waals surface area contributed by atoms with Crippen LogP contribution in [0.5, 0.6) is 0 Å². The van der Waals surface area contributed by atoms with Gasteiger partial charge in [0.2, 0.25) is 5.91 Å². The van der Waals surface area contributed by atoms with E-state index in [1.54, 1.807) is 12.1 Å². The molecule has 136 valence electrons. The van der Waals surface area contributed by atoms with Crippen molar-refractivity contribution in [2.24, 2.45) is 0 Å². The van der Waals surface area contributed by atoms with Gasteiger partial charge in [0, 0.05) is 30.1 Å². The van der Waals surface area contributed by atoms with Crippen molar-refractivity contribution < 1.29 is 9.18 Å². The van der Waals surface area contributed by atoms with E-state index >= 15 is 0 Å². The van der Waals surface area contributed by atoms with Crippen molar-refractivity contribution in [3.8, 4) is 0 Å². The lowest BCUT2D eigenvalue weighted by Crippen LogP contribution is -2.34. The quantitative estimate of drug-likeness (QED) is 0.681. The first-order chi connectivity index (χ1) is 12.5. The third-order valence-electron chi connectivity index (χ3n) is 4.67. The highest BCUT2D eigenvalue weighted by atomic mass is 19.1. The fourth-order valence-electron chi connectivity index (χ4n) is 3.17. The van der Waals surface area contributed by atoms with Gasteiger partial charge in [0.1, 0.15) is 5.82 Å². The predicted octanol–water partition coefficient (Wildman–Crippen LogP) is 3.66. The van der Waals surface area contributed by atoms with Gasteiger partial charge in [0.05, 0.1) is 6.04 Å². The van der Waals surface area contributed by atoms with Crippen LogP contribution in [0.3, 0.4) is 0 Å². The Bertz CT molecular complexity index is 870. The molecule has 2 N–H and O–H groups in total. The smallest absolute Gasteiger partial charge is 0.220 e. The Morgan fingerprint density at radius 1 is 1.15 bits per heavy atom. The van der Waals surface area contributed by atoms with Gasteiger partial charge in [-0.1, -0.05) is 30.3 Å². The lowest BCUT2D eigenvalue weighted by atomic mass is 10.1. The first-order valence-corrected chi connectivity index (χ1v) is 8.78. The average Bonchev–Trinajstić information content (AvgIpc) is 3.04. The molecule has 1 amide bonds. The van der Waals surface area contributed by atoms with Gasteiger partial charge >= 0.3 is 0 Å². The van der Waals surface area contributed by atoms with E-state index in [9.17, 15) is 9.18 Å². The highest BCUT2D eigenvalue weighted by Crippen LogP contribution is 2.20. The number of likely N-dealkylation sites (N-methyl/N-ethyl adjacent to an activating group) is 1. The minimum absolute atomic E-state index is 0.00707. The first kappa shape index (κ1) is 18.1. The van der Waals surface area contributed by atoms with Crippen LogP contribution in [-0.4, -0.2) is 36.4 Å². The lowest BCUT2D eigenvalue weighted by Gasteiger charge is -2.25. The highest BCUT2D eigenvalue weighted by molar-refractivity contribution is 5.84. The van der Waals surface area contributed by atoms with Crippen LogP contribution in [0.2, 0.25) is 0 Å². The first-order valence-electron chi connectivity index (χ1n) is 8.78. The Hall–Kier alpha value is -2.66. The van der Waals surface area contributed by atoms with Gasteiger partial charge in [0.15, 0.2) is 0 Å². The molecule has 2 aromatic carbocycles. The highest BCUT2D eigenvalue weighted by Gasteiger charge is 2.15. The third kappa shape index (κ3) is 4.29. The molecule has 3 aromatic rings. The molecule has 0 aliphatic rings. The summed E-state index contributed by atoms with van der Waals surface area (Å²) in [4.78, 5) is 17.5. The number of nitrogens with zero attached hydrogens (tertiary/aromatic N) is 1. The fraction of sp³-hybridized carbons (Fsp3) is 0.286. The van der Waals surface area contributed by atoms with Crippen LogP contribution in [0.4, 0.5) is 4.39 Å². The normalized spacial score (nSPS) is 12.5. The number of hydrogen-bond donors (Lipinski definition) is 2. The molecule has 0 aliphatic carbocycles. The molecule has 3 rings (SSSR count). The van der Waals surface area contributed by atoms with Crippen molar-refractivity contribution in [2.45, 2.75) is 18.9 Å². The predicted molar refractivity (Wildman–Crippen MR) is 102 cm³/mol. The number of rotatable bonds is 7. The number of para-hydroxylation sites is 1. The molecule has 4 nitrogen and oxygen atoms in total. The molecular formula is C21H24FN3O. The van der Waals surface area contributed by atoms with Crippen LogP contribution in [0, 0.1) is 5.82 Å². The standard InChI is InChI=1S/C21H24FN3O/c1-25(2)20(15-7-10-17(22)11-8-15)14-24-21(26)12-9-16-13-23-19-6-4-3-5-18(16)19/h3-8,10-11,13,20,23H,9,12,14H2,1-2H3,(H,24,26). The zero-order valence-electron chi connectivity index (χ0n) is 15.1. The summed E-state index contributed by atoms with van der Waals surface area (Å²) in [6.45, 7) is 0.491. The Balaban J connectivity index is 1.56. The minimum atomic E-state index is -0.256. The van der Waals surface area contributed by atoms with Crippen molar-refractivity contribution in [3.63, 3.8) is 0 Å². The number of carbonyl (C=O) groups excluding carboxylic acids is 1. The van der Waals surface area contributed by atoms with Gasteiger partial charge in [0.25, 0.3) is 0 Å². The molecule has 0 bridgehead atoms. The van der Waals surface area contributed by atoms with Gasteiger partial charge in [-0.05, 0) is 49.8 Å². The van der Waals surface area contributed by atoms with Crippen molar-refractivity contribution >= 4 is 16.8 Å². The number of nitrogens with one attached hydrogen (secondary N) is 2. The number of amides is 1. The molecule has 1 atom stereocenters. The van der Waals surface area contributed by atoms with E-state index in [0.717, 1.165) is 22.0 Å². The third-order valence-corrected chi connectivity index (χ3v) is 4.67. The summed E-state index contributed by atoms with van der Waals surface area (Å²) in [6.07, 6.45) is 3.10. The van der Waals surface area contributed by atoms with Crippen LogP contribution < -0.4 is 5.32 Å². The van der Waals surface area contributed by atoms with E-state index in [-0.39, 0.29) is 17.8 Å². The molecule has 0 aliphatic heterocycles. The van der Waals surface area contributed by atoms with Gasteiger partial charge in [-0.15, -0.1) is 0 Å². The van der Waals surface area contributed by atoms with E-state index in [1.165, 1.54) is 12.1 Å². The molecule has 0 saturated heterocycles. The summed E-state index contributed by atoms with van der Waals surface area (Å²) in [7, 11) is 3.90. The molecule has 0 spiro atoms. The second-order valence-electron chi connectivity index (χ2n) is 6.69. The van der Waals surface area contributed by atoms with E-state index in [2.05, 4.69) is 16.4 Å². The second-order valence-corrected chi connectivity index (χ2v) is 6.69. The van der Waals surface area contributed by atoms with Gasteiger partial charge < -0.3 is 15.2 Å². The molecule has 0 radical (unpaired) electrons. The SMILES string of the molecule is CN(C)C(CNC(=O)CCc1c[nH]c2ccccc12)c1ccc(F)cc1. The number of aromatic nitrogens is 1. The number of H-pyrrole nitrogens is 1. The minimum Gasteiger partial charge on any atom is -0.361 e. The van der Waals surface area contributed by atoms with Gasteiger partial charge in [-0.3, -0.25) is 4.79 Å². The zero-order valence-corrected chi connectivity index (χ0v) is 15.1.